The number of aliphatic hydroxyl groups is 1. The van der Waals surface area contributed by atoms with Gasteiger partial charge in [0, 0.05) is 0 Å². The van der Waals surface area contributed by atoms with E-state index < -0.39 is 11.7 Å². The van der Waals surface area contributed by atoms with Gasteiger partial charge in [0.1, 0.15) is 5.82 Å². The Morgan fingerprint density at radius 2 is 2.31 bits per heavy atom. The van der Waals surface area contributed by atoms with E-state index in [0.29, 0.717) is 6.42 Å². The Balaban J connectivity index is 2.84. The van der Waals surface area contributed by atoms with Gasteiger partial charge in [0.25, 0.3) is 5.91 Å². The summed E-state index contributed by atoms with van der Waals surface area (Å²) in [6.45, 7) is 1.67. The van der Waals surface area contributed by atoms with Crippen molar-refractivity contribution < 1.29 is 14.3 Å². The maximum absolute atomic E-state index is 13.1. The highest BCUT2D eigenvalue weighted by atomic mass is 35.5. The minimum Gasteiger partial charge on any atom is -0.394 e. The van der Waals surface area contributed by atoms with Gasteiger partial charge in [-0.3, -0.25) is 4.79 Å². The van der Waals surface area contributed by atoms with Gasteiger partial charge in [-0.25, -0.2) is 4.39 Å². The van der Waals surface area contributed by atoms with Gasteiger partial charge >= 0.3 is 0 Å². The number of benzene rings is 1. The number of rotatable bonds is 4. The molecule has 0 aliphatic rings. The standard InChI is InChI=1S/C11H13ClFNO2/c1-2-7(6-15)14-11(16)8-4-3-5-9(13)10(8)12/h3-5,7,15H,2,6H2,1H3,(H,14,16)/t7-/m1/s1. The molecule has 1 amide bonds. The molecule has 16 heavy (non-hydrogen) atoms. The molecule has 1 rings (SSSR count). The van der Waals surface area contributed by atoms with E-state index in [-0.39, 0.29) is 23.2 Å². The lowest BCUT2D eigenvalue weighted by molar-refractivity contribution is 0.0914. The van der Waals surface area contributed by atoms with Crippen LogP contribution in [0.1, 0.15) is 23.7 Å². The van der Waals surface area contributed by atoms with Gasteiger partial charge < -0.3 is 10.4 Å². The Hall–Kier alpha value is -1.13. The molecule has 0 fully saturated rings. The molecule has 0 aliphatic heterocycles. The molecule has 0 saturated heterocycles. The third-order valence-electron chi connectivity index (χ3n) is 2.24. The van der Waals surface area contributed by atoms with Gasteiger partial charge in [-0.2, -0.15) is 0 Å². The third-order valence-corrected chi connectivity index (χ3v) is 2.63. The smallest absolute Gasteiger partial charge is 0.253 e. The summed E-state index contributed by atoms with van der Waals surface area (Å²) in [6, 6.07) is 3.69. The van der Waals surface area contributed by atoms with Crippen molar-refractivity contribution in [2.45, 2.75) is 19.4 Å². The molecule has 1 aromatic rings. The summed E-state index contributed by atoms with van der Waals surface area (Å²) in [4.78, 5) is 11.7. The van der Waals surface area contributed by atoms with E-state index >= 15 is 0 Å². The van der Waals surface area contributed by atoms with Gasteiger partial charge in [0.05, 0.1) is 23.2 Å². The van der Waals surface area contributed by atoms with Gasteiger partial charge in [-0.05, 0) is 18.6 Å². The van der Waals surface area contributed by atoms with E-state index in [0.717, 1.165) is 0 Å². The summed E-state index contributed by atoms with van der Waals surface area (Å²) in [5, 5.41) is 11.3. The highest BCUT2D eigenvalue weighted by molar-refractivity contribution is 6.34. The van der Waals surface area contributed by atoms with Crippen molar-refractivity contribution in [2.75, 3.05) is 6.61 Å². The first-order valence-electron chi connectivity index (χ1n) is 4.95. The number of nitrogens with one attached hydrogen (secondary N) is 1. The maximum Gasteiger partial charge on any atom is 0.253 e. The Bertz CT molecular complexity index is 380. The first kappa shape index (κ1) is 12.9. The van der Waals surface area contributed by atoms with E-state index in [1.807, 2.05) is 6.92 Å². The SMILES string of the molecule is CC[C@H](CO)NC(=O)c1cccc(F)c1Cl. The lowest BCUT2D eigenvalue weighted by Gasteiger charge is -2.14. The van der Waals surface area contributed by atoms with E-state index in [4.69, 9.17) is 16.7 Å². The first-order valence-corrected chi connectivity index (χ1v) is 5.33. The average Bonchev–Trinajstić information content (AvgIpc) is 2.29. The monoisotopic (exact) mass is 245 g/mol. The van der Waals surface area contributed by atoms with Crippen molar-refractivity contribution in [3.63, 3.8) is 0 Å². The van der Waals surface area contributed by atoms with Crippen LogP contribution in [0.25, 0.3) is 0 Å². The minimum absolute atomic E-state index is 0.0774. The lowest BCUT2D eigenvalue weighted by Crippen LogP contribution is -2.37. The quantitative estimate of drug-likeness (QED) is 0.852. The molecule has 0 aliphatic carbocycles. The zero-order chi connectivity index (χ0) is 12.1. The molecular weight excluding hydrogens is 233 g/mol. The Morgan fingerprint density at radius 3 is 2.88 bits per heavy atom. The highest BCUT2D eigenvalue weighted by Gasteiger charge is 2.15. The van der Waals surface area contributed by atoms with Crippen LogP contribution in [-0.4, -0.2) is 23.7 Å². The number of amides is 1. The number of hydrogen-bond donors (Lipinski definition) is 2. The molecule has 5 heteroatoms. The fourth-order valence-electron chi connectivity index (χ4n) is 1.22. The molecule has 88 valence electrons. The van der Waals surface area contributed by atoms with Crippen molar-refractivity contribution in [3.8, 4) is 0 Å². The summed E-state index contributed by atoms with van der Waals surface area (Å²) in [6.07, 6.45) is 0.592. The summed E-state index contributed by atoms with van der Waals surface area (Å²) < 4.78 is 13.1. The normalized spacial score (nSPS) is 12.2. The van der Waals surface area contributed by atoms with E-state index in [9.17, 15) is 9.18 Å². The second-order valence-corrected chi connectivity index (χ2v) is 3.74. The Labute approximate surface area is 98.2 Å². The Morgan fingerprint density at radius 1 is 1.62 bits per heavy atom. The Kier molecular flexibility index (Phi) is 4.71. The third kappa shape index (κ3) is 2.93. The van der Waals surface area contributed by atoms with E-state index in [1.165, 1.54) is 18.2 Å². The molecule has 0 saturated carbocycles. The van der Waals surface area contributed by atoms with Crippen molar-refractivity contribution >= 4 is 17.5 Å². The van der Waals surface area contributed by atoms with Crippen molar-refractivity contribution in [3.05, 3.63) is 34.6 Å². The van der Waals surface area contributed by atoms with E-state index in [1.54, 1.807) is 0 Å². The van der Waals surface area contributed by atoms with Gasteiger partial charge in [-0.15, -0.1) is 0 Å². The van der Waals surface area contributed by atoms with Crippen molar-refractivity contribution in [1.82, 2.24) is 5.32 Å². The van der Waals surface area contributed by atoms with Crippen LogP contribution >= 0.6 is 11.6 Å². The maximum atomic E-state index is 13.1. The van der Waals surface area contributed by atoms with Crippen LogP contribution in [0.4, 0.5) is 4.39 Å². The number of carbonyl (C=O) groups is 1. The number of halogens is 2. The van der Waals surface area contributed by atoms with Gasteiger partial charge in [0.2, 0.25) is 0 Å². The summed E-state index contributed by atoms with van der Waals surface area (Å²) >= 11 is 5.66. The van der Waals surface area contributed by atoms with Crippen molar-refractivity contribution in [2.24, 2.45) is 0 Å². The molecule has 0 unspecified atom stereocenters. The van der Waals surface area contributed by atoms with Crippen LogP contribution in [0, 0.1) is 5.82 Å². The lowest BCUT2D eigenvalue weighted by atomic mass is 10.1. The molecule has 0 spiro atoms. The average molecular weight is 246 g/mol. The summed E-state index contributed by atoms with van der Waals surface area (Å²) in [7, 11) is 0. The summed E-state index contributed by atoms with van der Waals surface area (Å²) in [5.41, 5.74) is 0.0774. The minimum atomic E-state index is -0.633. The molecule has 1 aromatic carbocycles. The van der Waals surface area contributed by atoms with E-state index in [2.05, 4.69) is 5.32 Å². The fraction of sp³-hybridized carbons (Fsp3) is 0.364. The topological polar surface area (TPSA) is 49.3 Å². The molecule has 2 N–H and O–H groups in total. The number of hydrogen-bond acceptors (Lipinski definition) is 2. The van der Waals surface area contributed by atoms with Crippen LogP contribution in [0.5, 0.6) is 0 Å². The molecule has 0 radical (unpaired) electrons. The second kappa shape index (κ2) is 5.82. The number of carbonyl (C=O) groups excluding carboxylic acids is 1. The second-order valence-electron chi connectivity index (χ2n) is 3.36. The highest BCUT2D eigenvalue weighted by Crippen LogP contribution is 2.19. The van der Waals surface area contributed by atoms with Crippen LogP contribution in [0.3, 0.4) is 0 Å². The predicted octanol–water partition coefficient (Wildman–Crippen LogP) is 1.98. The van der Waals surface area contributed by atoms with Crippen LogP contribution in [0.2, 0.25) is 5.02 Å². The van der Waals surface area contributed by atoms with Crippen molar-refractivity contribution in [1.29, 1.82) is 0 Å². The number of aliphatic hydroxyl groups excluding tert-OH is 1. The largest absolute Gasteiger partial charge is 0.394 e. The summed E-state index contributed by atoms with van der Waals surface area (Å²) in [5.74, 6) is -1.11. The molecule has 0 bridgehead atoms. The zero-order valence-electron chi connectivity index (χ0n) is 8.84. The molecule has 3 nitrogen and oxygen atoms in total. The van der Waals surface area contributed by atoms with Gasteiger partial charge in [-0.1, -0.05) is 24.6 Å². The van der Waals surface area contributed by atoms with Crippen LogP contribution < -0.4 is 5.32 Å². The molecule has 0 aromatic heterocycles. The van der Waals surface area contributed by atoms with Gasteiger partial charge in [0.15, 0.2) is 0 Å². The van der Waals surface area contributed by atoms with Crippen LogP contribution in [-0.2, 0) is 0 Å². The fourth-order valence-corrected chi connectivity index (χ4v) is 1.43. The predicted molar refractivity (Wildman–Crippen MR) is 60.0 cm³/mol. The first-order chi connectivity index (χ1) is 7.60. The zero-order valence-corrected chi connectivity index (χ0v) is 9.59. The molecule has 1 atom stereocenters. The molecule has 0 heterocycles. The van der Waals surface area contributed by atoms with Crippen LogP contribution in [0.15, 0.2) is 18.2 Å². The molecular formula is C11H13ClFNO2.